The third kappa shape index (κ3) is 2.77. The second-order valence-corrected chi connectivity index (χ2v) is 4.97. The number of carbonyl (C=O) groups is 1. The van der Waals surface area contributed by atoms with E-state index >= 15 is 0 Å². The Bertz CT molecular complexity index is 659. The summed E-state index contributed by atoms with van der Waals surface area (Å²) in [6.45, 7) is 3.56. The van der Waals surface area contributed by atoms with Crippen molar-refractivity contribution >= 4 is 28.2 Å². The number of hydrazone groups is 1. The lowest BCUT2D eigenvalue weighted by atomic mass is 10.2. The number of nitrogens with one attached hydrogen (secondary N) is 1. The molecule has 0 bridgehead atoms. The third-order valence-electron chi connectivity index (χ3n) is 2.72. The lowest BCUT2D eigenvalue weighted by molar-refractivity contribution is 0.0952. The Hall–Kier alpha value is -2.41. The number of aromatic nitrogens is 1. The number of nitrogen functional groups attached to an aromatic ring is 1. The molecule has 7 heteroatoms. The fraction of sp³-hybridized carbons (Fsp3) is 0.154. The van der Waals surface area contributed by atoms with Crippen molar-refractivity contribution in [2.75, 3.05) is 5.73 Å². The molecule has 20 heavy (non-hydrogen) atoms. The highest BCUT2D eigenvalue weighted by Gasteiger charge is 2.13. The molecular weight excluding hydrogens is 276 g/mol. The smallest absolute Gasteiger partial charge is 0.275 e. The van der Waals surface area contributed by atoms with E-state index in [1.165, 1.54) is 23.7 Å². The quantitative estimate of drug-likeness (QED) is 0.593. The van der Waals surface area contributed by atoms with Gasteiger partial charge in [-0.2, -0.15) is 9.47 Å². The molecule has 0 unspecified atom stereocenters. The van der Waals surface area contributed by atoms with Crippen molar-refractivity contribution in [1.82, 2.24) is 9.80 Å². The van der Waals surface area contributed by atoms with E-state index in [2.05, 4.69) is 14.9 Å². The SMILES string of the molecule is C/C(=N/NC(=O)c1ccccc1O)c1c(C)nsc1N. The summed E-state index contributed by atoms with van der Waals surface area (Å²) in [5, 5.41) is 14.1. The third-order valence-corrected chi connectivity index (χ3v) is 3.49. The van der Waals surface area contributed by atoms with Crippen LogP contribution in [0.15, 0.2) is 29.4 Å². The normalized spacial score (nSPS) is 11.4. The molecule has 1 aromatic heterocycles. The number of nitrogens with zero attached hydrogens (tertiary/aromatic N) is 2. The zero-order valence-electron chi connectivity index (χ0n) is 11.0. The number of aryl methyl sites for hydroxylation is 1. The van der Waals surface area contributed by atoms with Gasteiger partial charge in [0.15, 0.2) is 0 Å². The number of rotatable bonds is 3. The molecule has 2 rings (SSSR count). The first-order valence-electron chi connectivity index (χ1n) is 5.85. The van der Waals surface area contributed by atoms with E-state index in [1.807, 2.05) is 6.92 Å². The summed E-state index contributed by atoms with van der Waals surface area (Å²) in [6.07, 6.45) is 0. The molecule has 1 heterocycles. The zero-order chi connectivity index (χ0) is 14.7. The topological polar surface area (TPSA) is 101 Å². The lowest BCUT2D eigenvalue weighted by Crippen LogP contribution is -2.19. The first-order chi connectivity index (χ1) is 9.50. The molecule has 0 saturated carbocycles. The minimum atomic E-state index is -0.484. The summed E-state index contributed by atoms with van der Waals surface area (Å²) in [5.74, 6) is -0.576. The highest BCUT2D eigenvalue weighted by atomic mass is 32.1. The molecule has 0 aliphatic carbocycles. The van der Waals surface area contributed by atoms with Crippen LogP contribution in [0.4, 0.5) is 5.00 Å². The number of amides is 1. The summed E-state index contributed by atoms with van der Waals surface area (Å²) < 4.78 is 4.12. The van der Waals surface area contributed by atoms with Crippen molar-refractivity contribution in [3.8, 4) is 5.75 Å². The molecule has 1 amide bonds. The van der Waals surface area contributed by atoms with E-state index in [-0.39, 0.29) is 11.3 Å². The highest BCUT2D eigenvalue weighted by molar-refractivity contribution is 7.10. The largest absolute Gasteiger partial charge is 0.507 e. The van der Waals surface area contributed by atoms with Crippen LogP contribution in [-0.4, -0.2) is 21.1 Å². The number of anilines is 1. The van der Waals surface area contributed by atoms with Gasteiger partial charge in [0.2, 0.25) is 0 Å². The number of phenols is 1. The van der Waals surface area contributed by atoms with Crippen LogP contribution in [0, 0.1) is 6.92 Å². The van der Waals surface area contributed by atoms with Crippen molar-refractivity contribution in [1.29, 1.82) is 0 Å². The molecule has 0 radical (unpaired) electrons. The number of para-hydroxylation sites is 1. The van der Waals surface area contributed by atoms with Crippen LogP contribution in [0.2, 0.25) is 0 Å². The molecule has 0 saturated heterocycles. The fourth-order valence-electron chi connectivity index (χ4n) is 1.74. The van der Waals surface area contributed by atoms with Crippen LogP contribution in [0.5, 0.6) is 5.75 Å². The first-order valence-corrected chi connectivity index (χ1v) is 6.62. The van der Waals surface area contributed by atoms with Crippen LogP contribution in [0.3, 0.4) is 0 Å². The van der Waals surface area contributed by atoms with E-state index in [0.717, 1.165) is 11.3 Å². The molecule has 4 N–H and O–H groups in total. The van der Waals surface area contributed by atoms with Crippen molar-refractivity contribution in [3.05, 3.63) is 41.1 Å². The molecule has 0 aliphatic rings. The number of phenolic OH excluding ortho intramolecular Hbond substituents is 1. The van der Waals surface area contributed by atoms with Gasteiger partial charge in [-0.3, -0.25) is 4.79 Å². The predicted molar refractivity (Wildman–Crippen MR) is 79.0 cm³/mol. The second kappa shape index (κ2) is 5.70. The first kappa shape index (κ1) is 14.0. The minimum Gasteiger partial charge on any atom is -0.507 e. The van der Waals surface area contributed by atoms with Gasteiger partial charge in [0.05, 0.1) is 22.5 Å². The van der Waals surface area contributed by atoms with Gasteiger partial charge in [0, 0.05) is 0 Å². The number of hydrogen-bond donors (Lipinski definition) is 3. The molecule has 6 nitrogen and oxygen atoms in total. The van der Waals surface area contributed by atoms with E-state index in [9.17, 15) is 9.90 Å². The summed E-state index contributed by atoms with van der Waals surface area (Å²) in [5.41, 5.74) is 10.4. The number of aromatic hydroxyl groups is 1. The molecular formula is C13H14N4O2S. The van der Waals surface area contributed by atoms with E-state index in [4.69, 9.17) is 5.73 Å². The Kier molecular flexibility index (Phi) is 3.99. The highest BCUT2D eigenvalue weighted by Crippen LogP contribution is 2.21. The van der Waals surface area contributed by atoms with Crippen molar-refractivity contribution in [2.24, 2.45) is 5.10 Å². The maximum absolute atomic E-state index is 11.9. The average molecular weight is 290 g/mol. The maximum atomic E-state index is 11.9. The maximum Gasteiger partial charge on any atom is 0.275 e. The molecule has 0 spiro atoms. The summed E-state index contributed by atoms with van der Waals surface area (Å²) >= 11 is 1.19. The summed E-state index contributed by atoms with van der Waals surface area (Å²) in [4.78, 5) is 11.9. The van der Waals surface area contributed by atoms with Gasteiger partial charge in [0.25, 0.3) is 5.91 Å². The Morgan fingerprint density at radius 1 is 1.45 bits per heavy atom. The minimum absolute atomic E-state index is 0.0919. The molecule has 1 aromatic carbocycles. The lowest BCUT2D eigenvalue weighted by Gasteiger charge is -2.04. The Morgan fingerprint density at radius 3 is 2.75 bits per heavy atom. The average Bonchev–Trinajstić information content (AvgIpc) is 2.76. The second-order valence-electron chi connectivity index (χ2n) is 4.16. The van der Waals surface area contributed by atoms with Gasteiger partial charge in [-0.1, -0.05) is 12.1 Å². The monoisotopic (exact) mass is 290 g/mol. The van der Waals surface area contributed by atoms with E-state index < -0.39 is 5.91 Å². The predicted octanol–water partition coefficient (Wildman–Crippen LogP) is 1.89. The number of nitrogens with two attached hydrogens (primary N) is 1. The molecule has 104 valence electrons. The van der Waals surface area contributed by atoms with Crippen LogP contribution in [-0.2, 0) is 0 Å². The van der Waals surface area contributed by atoms with Gasteiger partial charge in [-0.25, -0.2) is 5.43 Å². The Morgan fingerprint density at radius 2 is 2.15 bits per heavy atom. The van der Waals surface area contributed by atoms with Gasteiger partial charge in [-0.05, 0) is 37.5 Å². The van der Waals surface area contributed by atoms with Gasteiger partial charge in [0.1, 0.15) is 10.8 Å². The van der Waals surface area contributed by atoms with E-state index in [1.54, 1.807) is 19.1 Å². The zero-order valence-corrected chi connectivity index (χ0v) is 11.9. The summed E-state index contributed by atoms with van der Waals surface area (Å²) in [7, 11) is 0. The standard InChI is InChI=1S/C13H14N4O2S/c1-7(11-8(2)17-20-12(11)14)15-16-13(19)9-5-3-4-6-10(9)18/h3-6,18H,14H2,1-2H3,(H,16,19)/b15-7-. The van der Waals surface area contributed by atoms with Crippen LogP contribution in [0.1, 0.15) is 28.5 Å². The molecule has 2 aromatic rings. The molecule has 0 aliphatic heterocycles. The Labute approximate surface area is 120 Å². The van der Waals surface area contributed by atoms with E-state index in [0.29, 0.717) is 10.7 Å². The van der Waals surface area contributed by atoms with Crippen LogP contribution < -0.4 is 11.2 Å². The van der Waals surface area contributed by atoms with Gasteiger partial charge in [-0.15, -0.1) is 0 Å². The summed E-state index contributed by atoms with van der Waals surface area (Å²) in [6, 6.07) is 6.26. The van der Waals surface area contributed by atoms with Crippen molar-refractivity contribution in [3.63, 3.8) is 0 Å². The van der Waals surface area contributed by atoms with Gasteiger partial charge >= 0.3 is 0 Å². The number of benzene rings is 1. The fourth-order valence-corrected chi connectivity index (χ4v) is 2.46. The molecule has 0 atom stereocenters. The van der Waals surface area contributed by atoms with Crippen molar-refractivity contribution < 1.29 is 9.90 Å². The Balaban J connectivity index is 2.18. The van der Waals surface area contributed by atoms with Crippen molar-refractivity contribution in [2.45, 2.75) is 13.8 Å². The van der Waals surface area contributed by atoms with Crippen LogP contribution >= 0.6 is 11.5 Å². The van der Waals surface area contributed by atoms with Gasteiger partial charge < -0.3 is 10.8 Å². The number of hydrogen-bond acceptors (Lipinski definition) is 6. The van der Waals surface area contributed by atoms with Crippen LogP contribution in [0.25, 0.3) is 0 Å². The number of carbonyl (C=O) groups excluding carboxylic acids is 1. The molecule has 0 fully saturated rings.